The zero-order chi connectivity index (χ0) is 9.42. The van der Waals surface area contributed by atoms with Crippen LogP contribution in [0.2, 0.25) is 0 Å². The molecule has 3 nitrogen and oxygen atoms in total. The molecule has 4 heteroatoms. The zero-order valence-corrected chi connectivity index (χ0v) is 8.21. The van der Waals surface area contributed by atoms with Crippen molar-refractivity contribution in [1.82, 2.24) is 0 Å². The standard InChI is InChI=1S/C9H6BrNO2/c10-7-3-1-2-5-6(7)4-8(11-13)9(5)12/h1-3,13H,4H2/b11-8+. The zero-order valence-electron chi connectivity index (χ0n) is 6.62. The Bertz CT molecular complexity index is 412. The molecule has 1 aromatic carbocycles. The molecule has 0 amide bonds. The Morgan fingerprint density at radius 1 is 1.46 bits per heavy atom. The van der Waals surface area contributed by atoms with Gasteiger partial charge in [-0.1, -0.05) is 33.2 Å². The molecule has 0 spiro atoms. The third-order valence-electron chi connectivity index (χ3n) is 2.09. The summed E-state index contributed by atoms with van der Waals surface area (Å²) >= 11 is 3.34. The number of carbonyl (C=O) groups excluding carboxylic acids is 1. The van der Waals surface area contributed by atoms with E-state index in [9.17, 15) is 4.79 Å². The number of hydrogen-bond acceptors (Lipinski definition) is 3. The summed E-state index contributed by atoms with van der Waals surface area (Å²) in [6.45, 7) is 0. The van der Waals surface area contributed by atoms with Crippen LogP contribution in [0.15, 0.2) is 27.8 Å². The monoisotopic (exact) mass is 239 g/mol. The van der Waals surface area contributed by atoms with Gasteiger partial charge < -0.3 is 5.21 Å². The van der Waals surface area contributed by atoms with Gasteiger partial charge in [0.1, 0.15) is 5.71 Å². The minimum Gasteiger partial charge on any atom is -0.411 e. The minimum absolute atomic E-state index is 0.182. The molecule has 1 aromatic rings. The van der Waals surface area contributed by atoms with Crippen LogP contribution in [0.4, 0.5) is 0 Å². The molecule has 0 bridgehead atoms. The van der Waals surface area contributed by atoms with Gasteiger partial charge in [-0.05, 0) is 11.6 Å². The number of fused-ring (bicyclic) bond motifs is 1. The summed E-state index contributed by atoms with van der Waals surface area (Å²) in [5.74, 6) is -0.182. The first-order valence-corrected chi connectivity index (χ1v) is 4.56. The summed E-state index contributed by atoms with van der Waals surface area (Å²) < 4.78 is 0.886. The van der Waals surface area contributed by atoms with Crippen molar-refractivity contribution in [3.8, 4) is 0 Å². The topological polar surface area (TPSA) is 49.7 Å². The summed E-state index contributed by atoms with van der Waals surface area (Å²) in [6.07, 6.45) is 0.409. The van der Waals surface area contributed by atoms with Crippen LogP contribution in [0.25, 0.3) is 0 Å². The summed E-state index contributed by atoms with van der Waals surface area (Å²) in [4.78, 5) is 11.5. The Kier molecular flexibility index (Phi) is 1.92. The van der Waals surface area contributed by atoms with E-state index in [0.717, 1.165) is 10.0 Å². The SMILES string of the molecule is O=C1/C(=N/O)Cc2c(Br)cccc21. The number of rotatable bonds is 0. The molecule has 1 N–H and O–H groups in total. The highest BCUT2D eigenvalue weighted by Crippen LogP contribution is 2.27. The van der Waals surface area contributed by atoms with Gasteiger partial charge in [-0.3, -0.25) is 4.79 Å². The normalized spacial score (nSPS) is 17.9. The number of oxime groups is 1. The first kappa shape index (κ1) is 8.44. The second kappa shape index (κ2) is 2.96. The molecular weight excluding hydrogens is 234 g/mol. The number of benzene rings is 1. The number of hydrogen-bond donors (Lipinski definition) is 1. The van der Waals surface area contributed by atoms with Crippen LogP contribution in [0, 0.1) is 0 Å². The highest BCUT2D eigenvalue weighted by atomic mass is 79.9. The molecule has 1 aliphatic carbocycles. The van der Waals surface area contributed by atoms with Crippen LogP contribution in [-0.2, 0) is 6.42 Å². The third kappa shape index (κ3) is 1.18. The number of ketones is 1. The van der Waals surface area contributed by atoms with Crippen molar-refractivity contribution in [2.75, 3.05) is 0 Å². The highest BCUT2D eigenvalue weighted by Gasteiger charge is 2.28. The molecule has 66 valence electrons. The number of carbonyl (C=O) groups is 1. The van der Waals surface area contributed by atoms with Gasteiger partial charge in [-0.2, -0.15) is 0 Å². The number of Topliss-reactive ketones (excluding diaryl/α,β-unsaturated/α-hetero) is 1. The third-order valence-corrected chi connectivity index (χ3v) is 2.83. The van der Waals surface area contributed by atoms with E-state index in [-0.39, 0.29) is 11.5 Å². The summed E-state index contributed by atoms with van der Waals surface area (Å²) in [7, 11) is 0. The Hall–Kier alpha value is -1.16. The Morgan fingerprint density at radius 3 is 2.85 bits per heavy atom. The van der Waals surface area contributed by atoms with Crippen molar-refractivity contribution in [3.05, 3.63) is 33.8 Å². The van der Waals surface area contributed by atoms with Gasteiger partial charge in [0.15, 0.2) is 0 Å². The van der Waals surface area contributed by atoms with E-state index in [1.165, 1.54) is 0 Å². The first-order chi connectivity index (χ1) is 6.24. The van der Waals surface area contributed by atoms with Crippen LogP contribution in [-0.4, -0.2) is 16.7 Å². The largest absolute Gasteiger partial charge is 0.411 e. The average Bonchev–Trinajstić information content (AvgIpc) is 2.45. The maximum Gasteiger partial charge on any atom is 0.211 e. The van der Waals surface area contributed by atoms with Gasteiger partial charge in [0, 0.05) is 16.5 Å². The fourth-order valence-electron chi connectivity index (χ4n) is 1.43. The quantitative estimate of drug-likeness (QED) is 0.557. The predicted octanol–water partition coefficient (Wildman–Crippen LogP) is 2.02. The van der Waals surface area contributed by atoms with E-state index in [4.69, 9.17) is 5.21 Å². The van der Waals surface area contributed by atoms with E-state index in [1.54, 1.807) is 12.1 Å². The first-order valence-electron chi connectivity index (χ1n) is 3.77. The van der Waals surface area contributed by atoms with Crippen LogP contribution >= 0.6 is 15.9 Å². The number of halogens is 1. The lowest BCUT2D eigenvalue weighted by molar-refractivity contribution is 0.106. The van der Waals surface area contributed by atoms with Gasteiger partial charge in [0.25, 0.3) is 0 Å². The van der Waals surface area contributed by atoms with E-state index >= 15 is 0 Å². The van der Waals surface area contributed by atoms with E-state index in [2.05, 4.69) is 21.1 Å². The predicted molar refractivity (Wildman–Crippen MR) is 51.4 cm³/mol. The fraction of sp³-hybridized carbons (Fsp3) is 0.111. The fourth-order valence-corrected chi connectivity index (χ4v) is 1.94. The second-order valence-electron chi connectivity index (χ2n) is 2.82. The van der Waals surface area contributed by atoms with Crippen molar-refractivity contribution in [3.63, 3.8) is 0 Å². The molecule has 0 unspecified atom stereocenters. The number of nitrogens with zero attached hydrogens (tertiary/aromatic N) is 1. The van der Waals surface area contributed by atoms with E-state index in [1.807, 2.05) is 6.07 Å². The molecule has 0 saturated heterocycles. The van der Waals surface area contributed by atoms with E-state index < -0.39 is 0 Å². The van der Waals surface area contributed by atoms with Crippen LogP contribution in [0.3, 0.4) is 0 Å². The average molecular weight is 240 g/mol. The molecule has 0 fully saturated rings. The smallest absolute Gasteiger partial charge is 0.211 e. The lowest BCUT2D eigenvalue weighted by atomic mass is 10.1. The lowest BCUT2D eigenvalue weighted by Crippen LogP contribution is -2.06. The molecule has 0 aliphatic heterocycles. The Labute approximate surface area is 83.2 Å². The van der Waals surface area contributed by atoms with Crippen LogP contribution in [0.1, 0.15) is 15.9 Å². The molecule has 0 radical (unpaired) electrons. The van der Waals surface area contributed by atoms with Crippen molar-refractivity contribution >= 4 is 27.4 Å². The maximum atomic E-state index is 11.5. The minimum atomic E-state index is -0.182. The van der Waals surface area contributed by atoms with Gasteiger partial charge in [-0.25, -0.2) is 0 Å². The van der Waals surface area contributed by atoms with Crippen molar-refractivity contribution in [2.45, 2.75) is 6.42 Å². The Balaban J connectivity index is 2.62. The molecule has 0 atom stereocenters. The molecule has 0 aromatic heterocycles. The molecule has 2 rings (SSSR count). The molecule has 0 heterocycles. The summed E-state index contributed by atoms with van der Waals surface area (Å²) in [6, 6.07) is 5.40. The van der Waals surface area contributed by atoms with Gasteiger partial charge in [0.2, 0.25) is 5.78 Å². The van der Waals surface area contributed by atoms with Gasteiger partial charge in [0.05, 0.1) is 0 Å². The maximum absolute atomic E-state index is 11.5. The van der Waals surface area contributed by atoms with Gasteiger partial charge in [-0.15, -0.1) is 0 Å². The van der Waals surface area contributed by atoms with Crippen LogP contribution < -0.4 is 0 Å². The van der Waals surface area contributed by atoms with Crippen molar-refractivity contribution < 1.29 is 10.0 Å². The second-order valence-corrected chi connectivity index (χ2v) is 3.67. The Morgan fingerprint density at radius 2 is 2.23 bits per heavy atom. The lowest BCUT2D eigenvalue weighted by Gasteiger charge is -1.97. The highest BCUT2D eigenvalue weighted by molar-refractivity contribution is 9.10. The van der Waals surface area contributed by atoms with Crippen molar-refractivity contribution in [1.29, 1.82) is 0 Å². The van der Waals surface area contributed by atoms with Crippen molar-refractivity contribution in [2.24, 2.45) is 5.16 Å². The molecule has 13 heavy (non-hydrogen) atoms. The molecule has 0 saturated carbocycles. The van der Waals surface area contributed by atoms with Crippen LogP contribution in [0.5, 0.6) is 0 Å². The van der Waals surface area contributed by atoms with Gasteiger partial charge >= 0.3 is 0 Å². The molecule has 1 aliphatic rings. The molecular formula is C9H6BrNO2. The summed E-state index contributed by atoms with van der Waals surface area (Å²) in [5.41, 5.74) is 1.74. The van der Waals surface area contributed by atoms with E-state index in [0.29, 0.717) is 12.0 Å². The summed E-state index contributed by atoms with van der Waals surface area (Å²) in [5, 5.41) is 11.5.